The number of benzene rings is 1. The normalized spacial score (nSPS) is 12.6. The predicted octanol–water partition coefficient (Wildman–Crippen LogP) is 1.82. The summed E-state index contributed by atoms with van der Waals surface area (Å²) in [5, 5.41) is 2.77. The molecule has 4 heteroatoms. The van der Waals surface area contributed by atoms with Gasteiger partial charge in [-0.05, 0) is 37.6 Å². The standard InChI is InChI=1S/C14H20N2O2/c1-3-18-11(2)10-16-14(17)9-6-12-4-7-13(15)8-5-12/h4-9,11H,3,10,15H2,1-2H3,(H,16,17)/b9-6+. The van der Waals surface area contributed by atoms with E-state index < -0.39 is 0 Å². The van der Waals surface area contributed by atoms with Crippen molar-refractivity contribution in [3.8, 4) is 0 Å². The second-order valence-corrected chi connectivity index (χ2v) is 4.01. The first-order valence-electron chi connectivity index (χ1n) is 6.05. The van der Waals surface area contributed by atoms with Crippen molar-refractivity contribution in [3.63, 3.8) is 0 Å². The number of hydrogen-bond donors (Lipinski definition) is 2. The molecule has 0 spiro atoms. The van der Waals surface area contributed by atoms with Gasteiger partial charge in [-0.1, -0.05) is 12.1 Å². The van der Waals surface area contributed by atoms with Crippen molar-refractivity contribution < 1.29 is 9.53 Å². The third-order valence-electron chi connectivity index (χ3n) is 2.38. The molecule has 98 valence electrons. The lowest BCUT2D eigenvalue weighted by molar-refractivity contribution is -0.117. The zero-order valence-electron chi connectivity index (χ0n) is 10.8. The molecule has 1 rings (SSSR count). The SMILES string of the molecule is CCOC(C)CNC(=O)/C=C/c1ccc(N)cc1. The van der Waals surface area contributed by atoms with Gasteiger partial charge in [-0.25, -0.2) is 0 Å². The molecule has 18 heavy (non-hydrogen) atoms. The van der Waals surface area contributed by atoms with Crippen molar-refractivity contribution >= 4 is 17.7 Å². The van der Waals surface area contributed by atoms with E-state index in [1.54, 1.807) is 18.2 Å². The molecule has 0 aliphatic carbocycles. The molecular weight excluding hydrogens is 228 g/mol. The quantitative estimate of drug-likeness (QED) is 0.596. The highest BCUT2D eigenvalue weighted by Gasteiger charge is 2.01. The second kappa shape index (κ2) is 7.50. The predicted molar refractivity (Wildman–Crippen MR) is 74.0 cm³/mol. The van der Waals surface area contributed by atoms with Crippen LogP contribution in [-0.2, 0) is 9.53 Å². The van der Waals surface area contributed by atoms with Crippen molar-refractivity contribution in [1.82, 2.24) is 5.32 Å². The van der Waals surface area contributed by atoms with Gasteiger partial charge >= 0.3 is 0 Å². The van der Waals surface area contributed by atoms with Crippen LogP contribution in [0.3, 0.4) is 0 Å². The van der Waals surface area contributed by atoms with Crippen LogP contribution in [-0.4, -0.2) is 25.2 Å². The van der Waals surface area contributed by atoms with Gasteiger partial charge < -0.3 is 15.8 Å². The van der Waals surface area contributed by atoms with Crippen LogP contribution >= 0.6 is 0 Å². The molecule has 0 aromatic heterocycles. The minimum Gasteiger partial charge on any atom is -0.399 e. The molecule has 0 radical (unpaired) electrons. The largest absolute Gasteiger partial charge is 0.399 e. The van der Waals surface area contributed by atoms with Crippen molar-refractivity contribution in [2.24, 2.45) is 0 Å². The second-order valence-electron chi connectivity index (χ2n) is 4.01. The van der Waals surface area contributed by atoms with E-state index in [2.05, 4.69) is 5.32 Å². The fourth-order valence-corrected chi connectivity index (χ4v) is 1.43. The minimum absolute atomic E-state index is 0.0314. The Kier molecular flexibility index (Phi) is 5.94. The Morgan fingerprint density at radius 3 is 2.72 bits per heavy atom. The molecule has 1 atom stereocenters. The summed E-state index contributed by atoms with van der Waals surface area (Å²) in [6.45, 7) is 5.02. The highest BCUT2D eigenvalue weighted by Crippen LogP contribution is 2.06. The monoisotopic (exact) mass is 248 g/mol. The first kappa shape index (κ1) is 14.3. The van der Waals surface area contributed by atoms with E-state index >= 15 is 0 Å². The van der Waals surface area contributed by atoms with Gasteiger partial charge in [0.1, 0.15) is 0 Å². The molecule has 1 amide bonds. The van der Waals surface area contributed by atoms with E-state index in [1.807, 2.05) is 26.0 Å². The molecule has 0 aliphatic rings. The smallest absolute Gasteiger partial charge is 0.244 e. The molecule has 1 aromatic carbocycles. The van der Waals surface area contributed by atoms with Gasteiger partial charge in [0.05, 0.1) is 6.10 Å². The van der Waals surface area contributed by atoms with Crippen LogP contribution in [0.15, 0.2) is 30.3 Å². The van der Waals surface area contributed by atoms with Crippen molar-refractivity contribution in [1.29, 1.82) is 0 Å². The van der Waals surface area contributed by atoms with Gasteiger partial charge in [-0.3, -0.25) is 4.79 Å². The molecule has 0 heterocycles. The summed E-state index contributed by atoms with van der Waals surface area (Å²) in [5.74, 6) is -0.127. The molecule has 1 aromatic rings. The summed E-state index contributed by atoms with van der Waals surface area (Å²) in [5.41, 5.74) is 7.23. The summed E-state index contributed by atoms with van der Waals surface area (Å²) in [6.07, 6.45) is 3.29. The topological polar surface area (TPSA) is 64.3 Å². The van der Waals surface area contributed by atoms with Gasteiger partial charge in [0, 0.05) is 24.9 Å². The van der Waals surface area contributed by atoms with Crippen molar-refractivity contribution in [2.45, 2.75) is 20.0 Å². The minimum atomic E-state index is -0.127. The summed E-state index contributed by atoms with van der Waals surface area (Å²) in [7, 11) is 0. The Morgan fingerprint density at radius 2 is 2.11 bits per heavy atom. The molecule has 0 fully saturated rings. The van der Waals surface area contributed by atoms with E-state index in [1.165, 1.54) is 6.08 Å². The first-order valence-corrected chi connectivity index (χ1v) is 6.05. The number of anilines is 1. The average molecular weight is 248 g/mol. The van der Waals surface area contributed by atoms with E-state index in [0.717, 1.165) is 5.56 Å². The van der Waals surface area contributed by atoms with Gasteiger partial charge in [-0.15, -0.1) is 0 Å². The fraction of sp³-hybridized carbons (Fsp3) is 0.357. The lowest BCUT2D eigenvalue weighted by Gasteiger charge is -2.11. The fourth-order valence-electron chi connectivity index (χ4n) is 1.43. The summed E-state index contributed by atoms with van der Waals surface area (Å²) in [6, 6.07) is 7.33. The van der Waals surface area contributed by atoms with Gasteiger partial charge in [0.2, 0.25) is 5.91 Å². The Labute approximate surface area is 108 Å². The Balaban J connectivity index is 2.37. The van der Waals surface area contributed by atoms with Crippen LogP contribution in [0, 0.1) is 0 Å². The maximum atomic E-state index is 11.5. The van der Waals surface area contributed by atoms with Crippen LogP contribution in [0.2, 0.25) is 0 Å². The van der Waals surface area contributed by atoms with E-state index in [9.17, 15) is 4.79 Å². The molecule has 1 unspecified atom stereocenters. The molecule has 0 bridgehead atoms. The van der Waals surface area contributed by atoms with E-state index in [-0.39, 0.29) is 12.0 Å². The van der Waals surface area contributed by atoms with Crippen molar-refractivity contribution in [2.75, 3.05) is 18.9 Å². The lowest BCUT2D eigenvalue weighted by Crippen LogP contribution is -2.30. The molecular formula is C14H20N2O2. The number of hydrogen-bond acceptors (Lipinski definition) is 3. The summed E-state index contributed by atoms with van der Waals surface area (Å²) in [4.78, 5) is 11.5. The highest BCUT2D eigenvalue weighted by atomic mass is 16.5. The number of nitrogens with one attached hydrogen (secondary N) is 1. The number of nitrogens with two attached hydrogens (primary N) is 1. The molecule has 0 saturated heterocycles. The van der Waals surface area contributed by atoms with Gasteiger partial charge in [0.25, 0.3) is 0 Å². The van der Waals surface area contributed by atoms with Crippen LogP contribution < -0.4 is 11.1 Å². The highest BCUT2D eigenvalue weighted by molar-refractivity contribution is 5.91. The maximum absolute atomic E-state index is 11.5. The number of amides is 1. The van der Waals surface area contributed by atoms with Crippen LogP contribution in [0.4, 0.5) is 5.69 Å². The van der Waals surface area contributed by atoms with Crippen LogP contribution in [0.5, 0.6) is 0 Å². The van der Waals surface area contributed by atoms with Crippen LogP contribution in [0.25, 0.3) is 6.08 Å². The molecule has 0 aliphatic heterocycles. The summed E-state index contributed by atoms with van der Waals surface area (Å²) >= 11 is 0. The summed E-state index contributed by atoms with van der Waals surface area (Å²) < 4.78 is 5.32. The third-order valence-corrected chi connectivity index (χ3v) is 2.38. The zero-order valence-corrected chi connectivity index (χ0v) is 10.8. The van der Waals surface area contributed by atoms with E-state index in [4.69, 9.17) is 10.5 Å². The first-order chi connectivity index (χ1) is 8.61. The molecule has 3 N–H and O–H groups in total. The Hall–Kier alpha value is -1.81. The molecule has 0 saturated carbocycles. The average Bonchev–Trinajstić information content (AvgIpc) is 2.36. The Morgan fingerprint density at radius 1 is 1.44 bits per heavy atom. The van der Waals surface area contributed by atoms with Gasteiger partial charge in [0.15, 0.2) is 0 Å². The lowest BCUT2D eigenvalue weighted by atomic mass is 10.2. The van der Waals surface area contributed by atoms with E-state index in [0.29, 0.717) is 18.8 Å². The number of rotatable bonds is 6. The van der Waals surface area contributed by atoms with Crippen LogP contribution in [0.1, 0.15) is 19.4 Å². The Bertz CT molecular complexity index is 399. The maximum Gasteiger partial charge on any atom is 0.244 e. The molecule has 4 nitrogen and oxygen atoms in total. The van der Waals surface area contributed by atoms with Crippen molar-refractivity contribution in [3.05, 3.63) is 35.9 Å². The number of carbonyl (C=O) groups excluding carboxylic acids is 1. The number of nitrogen functional groups attached to an aromatic ring is 1. The number of ether oxygens (including phenoxy) is 1. The van der Waals surface area contributed by atoms with Gasteiger partial charge in [-0.2, -0.15) is 0 Å². The number of carbonyl (C=O) groups is 1. The zero-order chi connectivity index (χ0) is 13.4. The third kappa shape index (κ3) is 5.50.